The molecular weight excluding hydrogens is 320 g/mol. The minimum atomic E-state index is -1.17. The van der Waals surface area contributed by atoms with Gasteiger partial charge in [0, 0.05) is 11.7 Å². The van der Waals surface area contributed by atoms with Crippen LogP contribution in [-0.2, 0) is 10.8 Å². The molecule has 5 heteroatoms. The van der Waals surface area contributed by atoms with Gasteiger partial charge in [-0.2, -0.15) is 0 Å². The number of carbonyl (C=O) groups excluding carboxylic acids is 1. The maximum absolute atomic E-state index is 12.6. The molecule has 1 unspecified atom stereocenters. The number of hydrogen-bond acceptors (Lipinski definition) is 2. The van der Waals surface area contributed by atoms with Crippen LogP contribution < -0.4 is 5.32 Å². The van der Waals surface area contributed by atoms with Gasteiger partial charge < -0.3 is 5.32 Å². The molecule has 1 heterocycles. The summed E-state index contributed by atoms with van der Waals surface area (Å²) in [5, 5.41) is 3.13. The number of nitrogens with one attached hydrogen (secondary N) is 1. The Hall–Kier alpha value is -1.62. The predicted molar refractivity (Wildman–Crippen MR) is 98.6 cm³/mol. The molecule has 1 aromatic carbocycles. The maximum Gasteiger partial charge on any atom is 0.322 e. The van der Waals surface area contributed by atoms with Crippen LogP contribution in [0.15, 0.2) is 30.0 Å². The molecule has 0 aromatic heterocycles. The molecule has 1 fully saturated rings. The Morgan fingerprint density at radius 2 is 1.75 bits per heavy atom. The van der Waals surface area contributed by atoms with E-state index in [9.17, 15) is 9.00 Å². The third-order valence-corrected chi connectivity index (χ3v) is 6.59. The van der Waals surface area contributed by atoms with Gasteiger partial charge in [-0.25, -0.2) is 4.79 Å². The number of amides is 2. The van der Waals surface area contributed by atoms with Crippen LogP contribution in [0.2, 0.25) is 0 Å². The van der Waals surface area contributed by atoms with E-state index in [1.807, 2.05) is 38.1 Å². The van der Waals surface area contributed by atoms with E-state index in [1.165, 1.54) is 18.4 Å². The van der Waals surface area contributed by atoms with Gasteiger partial charge in [0.1, 0.15) is 5.88 Å². The highest BCUT2D eigenvalue weighted by Crippen LogP contribution is 2.32. The summed E-state index contributed by atoms with van der Waals surface area (Å²) in [6, 6.07) is 8.13. The van der Waals surface area contributed by atoms with Crippen LogP contribution in [-0.4, -0.2) is 27.1 Å². The van der Waals surface area contributed by atoms with Crippen molar-refractivity contribution in [2.75, 3.05) is 5.88 Å². The van der Waals surface area contributed by atoms with E-state index in [0.717, 1.165) is 34.9 Å². The zero-order chi connectivity index (χ0) is 17.3. The molecule has 24 heavy (non-hydrogen) atoms. The van der Waals surface area contributed by atoms with Crippen LogP contribution in [0.3, 0.4) is 0 Å². The normalized spacial score (nSPS) is 27.5. The predicted octanol–water partition coefficient (Wildman–Crippen LogP) is 3.99. The fourth-order valence-corrected chi connectivity index (χ4v) is 4.99. The van der Waals surface area contributed by atoms with E-state index < -0.39 is 10.8 Å². The van der Waals surface area contributed by atoms with E-state index in [1.54, 1.807) is 4.90 Å². The van der Waals surface area contributed by atoms with Gasteiger partial charge in [0.15, 0.2) is 0 Å². The Balaban J connectivity index is 1.73. The summed E-state index contributed by atoms with van der Waals surface area (Å²) in [4.78, 5) is 15.1. The number of rotatable bonds is 2. The number of allylic oxidation sites excluding steroid dienone is 1. The lowest BCUT2D eigenvalue weighted by atomic mass is 9.87. The Morgan fingerprint density at radius 3 is 2.38 bits per heavy atom. The number of benzene rings is 1. The zero-order valence-electron chi connectivity index (χ0n) is 14.7. The van der Waals surface area contributed by atoms with E-state index in [-0.39, 0.29) is 17.9 Å². The Kier molecular flexibility index (Phi) is 5.09. The first-order valence-corrected chi connectivity index (χ1v) is 10.0. The molecule has 1 atom stereocenters. The molecular formula is C19H26N2O2S. The van der Waals surface area contributed by atoms with Crippen molar-refractivity contribution in [1.29, 1.82) is 0 Å². The highest BCUT2D eigenvalue weighted by Gasteiger charge is 2.32. The number of aryl methyl sites for hydroxylation is 1. The van der Waals surface area contributed by atoms with Gasteiger partial charge in [-0.05, 0) is 51.0 Å². The van der Waals surface area contributed by atoms with Crippen molar-refractivity contribution in [2.45, 2.75) is 52.5 Å². The molecule has 1 aromatic rings. The highest BCUT2D eigenvalue weighted by molar-refractivity contribution is 7.94. The number of nitrogens with zero attached hydrogens (tertiary/aromatic N) is 1. The van der Waals surface area contributed by atoms with Crippen molar-refractivity contribution >= 4 is 21.7 Å². The molecule has 0 saturated heterocycles. The molecule has 0 radical (unpaired) electrons. The Labute approximate surface area is 146 Å². The monoisotopic (exact) mass is 346 g/mol. The molecule has 1 saturated carbocycles. The second-order valence-corrected chi connectivity index (χ2v) is 8.45. The summed E-state index contributed by atoms with van der Waals surface area (Å²) in [6.45, 7) is 6.19. The molecule has 0 spiro atoms. The van der Waals surface area contributed by atoms with Crippen molar-refractivity contribution in [3.8, 4) is 0 Å². The van der Waals surface area contributed by atoms with Gasteiger partial charge in [0.05, 0.1) is 15.7 Å². The minimum Gasteiger partial charge on any atom is -0.335 e. The van der Waals surface area contributed by atoms with Crippen molar-refractivity contribution in [1.82, 2.24) is 10.2 Å². The minimum absolute atomic E-state index is 0.109. The average Bonchev–Trinajstić information content (AvgIpc) is 2.85. The van der Waals surface area contributed by atoms with Gasteiger partial charge in [-0.15, -0.1) is 0 Å². The number of urea groups is 1. The molecule has 4 nitrogen and oxygen atoms in total. The number of hydrogen-bond donors (Lipinski definition) is 1. The quantitative estimate of drug-likeness (QED) is 0.880. The van der Waals surface area contributed by atoms with Gasteiger partial charge >= 0.3 is 6.03 Å². The largest absolute Gasteiger partial charge is 0.335 e. The fraction of sp³-hybridized carbons (Fsp3) is 0.526. The van der Waals surface area contributed by atoms with Crippen LogP contribution in [0.5, 0.6) is 0 Å². The molecule has 2 aliphatic rings. The van der Waals surface area contributed by atoms with Gasteiger partial charge in [-0.1, -0.05) is 36.8 Å². The smallest absolute Gasteiger partial charge is 0.322 e. The van der Waals surface area contributed by atoms with E-state index >= 15 is 0 Å². The fourth-order valence-electron chi connectivity index (χ4n) is 3.48. The van der Waals surface area contributed by atoms with E-state index in [0.29, 0.717) is 0 Å². The average molecular weight is 346 g/mol. The van der Waals surface area contributed by atoms with Gasteiger partial charge in [-0.3, -0.25) is 9.11 Å². The topological polar surface area (TPSA) is 49.4 Å². The lowest BCUT2D eigenvalue weighted by Gasteiger charge is -2.29. The van der Waals surface area contributed by atoms with Gasteiger partial charge in [0.25, 0.3) is 0 Å². The molecule has 1 aliphatic heterocycles. The summed E-state index contributed by atoms with van der Waals surface area (Å²) < 4.78 is 12.6. The van der Waals surface area contributed by atoms with Crippen molar-refractivity contribution in [2.24, 2.45) is 5.92 Å². The second-order valence-electron chi connectivity index (χ2n) is 7.09. The first-order chi connectivity index (χ1) is 11.5. The number of carbonyl (C=O) groups is 1. The molecule has 130 valence electrons. The third kappa shape index (κ3) is 3.56. The Bertz CT molecular complexity index is 673. The molecule has 0 bridgehead atoms. The van der Waals surface area contributed by atoms with Crippen molar-refractivity contribution in [3.63, 3.8) is 0 Å². The summed E-state index contributed by atoms with van der Waals surface area (Å²) >= 11 is 0. The van der Waals surface area contributed by atoms with Crippen LogP contribution in [0.25, 0.3) is 4.91 Å². The first-order valence-electron chi connectivity index (χ1n) is 8.70. The third-order valence-electron chi connectivity index (χ3n) is 5.11. The second kappa shape index (κ2) is 7.09. The maximum atomic E-state index is 12.6. The van der Waals surface area contributed by atoms with Crippen molar-refractivity contribution < 1.29 is 9.00 Å². The van der Waals surface area contributed by atoms with Crippen LogP contribution in [0.1, 0.15) is 50.7 Å². The lowest BCUT2D eigenvalue weighted by Crippen LogP contribution is -2.44. The molecule has 2 amide bonds. The van der Waals surface area contributed by atoms with Crippen LogP contribution in [0.4, 0.5) is 4.79 Å². The van der Waals surface area contributed by atoms with Crippen LogP contribution >= 0.6 is 0 Å². The highest BCUT2D eigenvalue weighted by atomic mass is 32.2. The molecule has 1 aliphatic carbocycles. The summed E-state index contributed by atoms with van der Waals surface area (Å²) in [5.74, 6) is 1.01. The van der Waals surface area contributed by atoms with E-state index in [4.69, 9.17) is 0 Å². The zero-order valence-corrected chi connectivity index (χ0v) is 15.5. The first kappa shape index (κ1) is 17.2. The Morgan fingerprint density at radius 1 is 1.12 bits per heavy atom. The molecule has 3 rings (SSSR count). The van der Waals surface area contributed by atoms with Gasteiger partial charge in [0.2, 0.25) is 0 Å². The van der Waals surface area contributed by atoms with E-state index in [2.05, 4.69) is 12.2 Å². The standard InChI is InChI=1S/C19H26N2O2S/c1-13-4-8-16(9-5-13)18-15(3)21(12-24(18)23)19(22)20-17-10-6-14(2)7-11-17/h4-5,8-9,14,17H,6-7,10-12H2,1-3H3,(H,20,22). The SMILES string of the molecule is CC1=C(c2ccc(C)cc2)S(=O)CN1C(=O)NC1CCC(C)CC1. The summed E-state index contributed by atoms with van der Waals surface area (Å²) in [5.41, 5.74) is 2.92. The van der Waals surface area contributed by atoms with Crippen LogP contribution in [0, 0.1) is 12.8 Å². The lowest BCUT2D eigenvalue weighted by molar-refractivity contribution is 0.206. The summed E-state index contributed by atoms with van der Waals surface area (Å²) in [7, 11) is -1.17. The van der Waals surface area contributed by atoms with Crippen molar-refractivity contribution in [3.05, 3.63) is 41.1 Å². The summed E-state index contributed by atoms with van der Waals surface area (Å²) in [6.07, 6.45) is 4.41. The molecule has 1 N–H and O–H groups in total.